The average Bonchev–Trinajstić information content (AvgIpc) is 2.86. The number of pyridine rings is 1. The van der Waals surface area contributed by atoms with Crippen LogP contribution < -0.4 is 9.57 Å². The topological polar surface area (TPSA) is 46.0 Å². The summed E-state index contributed by atoms with van der Waals surface area (Å²) in [5.74, 6) is -0.480. The summed E-state index contributed by atoms with van der Waals surface area (Å²) in [6.45, 7) is 0. The van der Waals surface area contributed by atoms with Crippen molar-refractivity contribution >= 4 is 44.5 Å². The number of H-pyrrole nitrogens is 1. The number of carbonyl (C=O) groups excluding carboxylic acids is 1. The lowest BCUT2D eigenvalue weighted by Gasteiger charge is -2.02. The predicted octanol–water partition coefficient (Wildman–Crippen LogP) is 3.14. The van der Waals surface area contributed by atoms with Gasteiger partial charge in [0.1, 0.15) is 0 Å². The van der Waals surface area contributed by atoms with Gasteiger partial charge < -0.3 is 0 Å². The number of hydrogen-bond acceptors (Lipinski definition) is 2. The third kappa shape index (κ3) is 2.55. The molecule has 20 heavy (non-hydrogen) atoms. The minimum Gasteiger partial charge on any atom is -0.252 e. The molecule has 0 bridgehead atoms. The zero-order valence-electron chi connectivity index (χ0n) is 10.1. The molecular weight excluding hydrogens is 344 g/mol. The summed E-state index contributed by atoms with van der Waals surface area (Å²) >= 11 is 9.25. The molecule has 4 nitrogen and oxygen atoms in total. The van der Waals surface area contributed by atoms with Crippen molar-refractivity contribution in [2.45, 2.75) is 0 Å². The van der Waals surface area contributed by atoms with Gasteiger partial charge in [0.05, 0.1) is 21.6 Å². The van der Waals surface area contributed by atoms with Gasteiger partial charge in [0, 0.05) is 5.02 Å². The molecule has 2 heterocycles. The molecule has 0 saturated carbocycles. The first-order valence-electron chi connectivity index (χ1n) is 5.80. The third-order valence-corrected chi connectivity index (χ3v) is 3.42. The van der Waals surface area contributed by atoms with Crippen LogP contribution in [0, 0.1) is 0 Å². The van der Waals surface area contributed by atoms with Crippen molar-refractivity contribution in [3.8, 4) is 0 Å². The summed E-state index contributed by atoms with van der Waals surface area (Å²) in [5.41, 5.74) is 1.09. The molecule has 1 N–H and O–H groups in total. The summed E-state index contributed by atoms with van der Waals surface area (Å²) in [6.07, 6.45) is 3.45. The number of benzene rings is 1. The third-order valence-electron chi connectivity index (χ3n) is 2.75. The molecule has 100 valence electrons. The van der Waals surface area contributed by atoms with Gasteiger partial charge in [0.15, 0.2) is 6.20 Å². The van der Waals surface area contributed by atoms with Gasteiger partial charge in [-0.05, 0) is 51.0 Å². The number of aromatic nitrogens is 2. The second-order valence-corrected chi connectivity index (χ2v) is 5.51. The van der Waals surface area contributed by atoms with Crippen LogP contribution in [0.3, 0.4) is 0 Å². The minimum absolute atomic E-state index is 0.393. The van der Waals surface area contributed by atoms with Gasteiger partial charge >= 0.3 is 11.6 Å². The van der Waals surface area contributed by atoms with Gasteiger partial charge in [0.2, 0.25) is 0 Å². The van der Waals surface area contributed by atoms with E-state index in [4.69, 9.17) is 16.4 Å². The van der Waals surface area contributed by atoms with E-state index in [1.807, 2.05) is 12.1 Å². The van der Waals surface area contributed by atoms with Crippen molar-refractivity contribution in [2.75, 3.05) is 0 Å². The fourth-order valence-corrected chi connectivity index (χ4v) is 2.49. The number of nitrogens with one attached hydrogen (secondary N) is 1. The zero-order valence-corrected chi connectivity index (χ0v) is 12.5. The van der Waals surface area contributed by atoms with E-state index in [0.29, 0.717) is 16.2 Å². The molecule has 3 rings (SSSR count). The smallest absolute Gasteiger partial charge is 0.252 e. The Balaban J connectivity index is 1.97. The fourth-order valence-electron chi connectivity index (χ4n) is 1.87. The summed E-state index contributed by atoms with van der Waals surface area (Å²) in [7, 11) is 0. The van der Waals surface area contributed by atoms with Crippen molar-refractivity contribution in [3.05, 3.63) is 63.9 Å². The largest absolute Gasteiger partial charge is 0.388 e. The molecule has 0 spiro atoms. The molecule has 0 aliphatic heterocycles. The van der Waals surface area contributed by atoms with Crippen LogP contribution in [0.1, 0.15) is 10.4 Å². The minimum atomic E-state index is -0.480. The Morgan fingerprint density at radius 3 is 2.95 bits per heavy atom. The van der Waals surface area contributed by atoms with Gasteiger partial charge in [0.25, 0.3) is 0 Å². The first-order valence-corrected chi connectivity index (χ1v) is 6.97. The summed E-state index contributed by atoms with van der Waals surface area (Å²) in [4.78, 5) is 20.5. The monoisotopic (exact) mass is 351 g/mol. The van der Waals surface area contributed by atoms with Crippen LogP contribution in [0.5, 0.6) is 0 Å². The first-order chi connectivity index (χ1) is 9.63. The number of aromatic amines is 1. The SMILES string of the molecule is O=C(O[n+]1cc(Br)cc2cc[nH]c21)c1cccc(Cl)c1. The van der Waals surface area contributed by atoms with Crippen molar-refractivity contribution in [1.82, 2.24) is 4.98 Å². The maximum Gasteiger partial charge on any atom is 0.388 e. The van der Waals surface area contributed by atoms with E-state index in [1.54, 1.807) is 36.7 Å². The maximum absolute atomic E-state index is 12.1. The van der Waals surface area contributed by atoms with Gasteiger partial charge in [-0.1, -0.05) is 17.7 Å². The molecule has 0 saturated heterocycles. The van der Waals surface area contributed by atoms with Gasteiger partial charge in [-0.15, -0.1) is 0 Å². The summed E-state index contributed by atoms with van der Waals surface area (Å²) in [5, 5.41) is 1.42. The number of carbonyl (C=O) groups is 1. The highest BCUT2D eigenvalue weighted by Gasteiger charge is 2.17. The normalized spacial score (nSPS) is 10.7. The fraction of sp³-hybridized carbons (Fsp3) is 0. The number of nitrogens with zero attached hydrogens (tertiary/aromatic N) is 1. The highest BCUT2D eigenvalue weighted by Crippen LogP contribution is 2.15. The maximum atomic E-state index is 12.1. The second kappa shape index (κ2) is 5.26. The lowest BCUT2D eigenvalue weighted by Crippen LogP contribution is -2.46. The molecule has 3 aromatic rings. The van der Waals surface area contributed by atoms with E-state index in [1.165, 1.54) is 4.73 Å². The molecule has 0 atom stereocenters. The molecule has 0 amide bonds. The molecule has 0 unspecified atom stereocenters. The summed E-state index contributed by atoms with van der Waals surface area (Å²) < 4.78 is 2.20. The van der Waals surface area contributed by atoms with E-state index in [2.05, 4.69) is 20.9 Å². The van der Waals surface area contributed by atoms with Crippen LogP contribution in [0.15, 0.2) is 53.3 Å². The van der Waals surface area contributed by atoms with Crippen molar-refractivity contribution in [2.24, 2.45) is 0 Å². The molecule has 0 aliphatic rings. The van der Waals surface area contributed by atoms with E-state index >= 15 is 0 Å². The van der Waals surface area contributed by atoms with E-state index in [9.17, 15) is 4.79 Å². The molecule has 2 aromatic heterocycles. The van der Waals surface area contributed by atoms with E-state index < -0.39 is 5.97 Å². The Morgan fingerprint density at radius 1 is 1.30 bits per heavy atom. The molecular formula is C14H9BrClN2O2+. The Hall–Kier alpha value is -1.85. The Morgan fingerprint density at radius 2 is 2.15 bits per heavy atom. The van der Waals surface area contributed by atoms with Gasteiger partial charge in [-0.2, -0.15) is 0 Å². The van der Waals surface area contributed by atoms with Gasteiger partial charge in [-0.3, -0.25) is 4.84 Å². The van der Waals surface area contributed by atoms with Gasteiger partial charge in [-0.25, -0.2) is 9.78 Å². The highest BCUT2D eigenvalue weighted by atomic mass is 79.9. The van der Waals surface area contributed by atoms with E-state index in [-0.39, 0.29) is 0 Å². The Kier molecular flexibility index (Phi) is 3.46. The highest BCUT2D eigenvalue weighted by molar-refractivity contribution is 9.10. The van der Waals surface area contributed by atoms with Crippen LogP contribution in [-0.2, 0) is 0 Å². The van der Waals surface area contributed by atoms with Crippen LogP contribution in [0.2, 0.25) is 5.02 Å². The van der Waals surface area contributed by atoms with Crippen molar-refractivity contribution in [3.63, 3.8) is 0 Å². The lowest BCUT2D eigenvalue weighted by atomic mass is 10.2. The quantitative estimate of drug-likeness (QED) is 0.720. The average molecular weight is 353 g/mol. The standard InChI is InChI=1S/C14H8BrClN2O2/c15-11-6-9-4-5-17-13(9)18(8-11)20-14(19)10-2-1-3-12(16)7-10/h1-8H/p+1. The molecule has 0 fully saturated rings. The first kappa shape index (κ1) is 13.1. The lowest BCUT2D eigenvalue weighted by molar-refractivity contribution is -0.848. The molecule has 1 aromatic carbocycles. The molecule has 0 aliphatic carbocycles. The van der Waals surface area contributed by atoms with E-state index in [0.717, 1.165) is 9.86 Å². The Labute approximate surface area is 128 Å². The zero-order chi connectivity index (χ0) is 14.1. The Bertz CT molecular complexity index is 801. The number of fused-ring (bicyclic) bond motifs is 1. The van der Waals surface area contributed by atoms with Crippen LogP contribution in [0.25, 0.3) is 11.0 Å². The van der Waals surface area contributed by atoms with Crippen molar-refractivity contribution < 1.29 is 14.4 Å². The van der Waals surface area contributed by atoms with Crippen molar-refractivity contribution in [1.29, 1.82) is 0 Å². The number of halogens is 2. The molecule has 0 radical (unpaired) electrons. The van der Waals surface area contributed by atoms with Crippen LogP contribution in [0.4, 0.5) is 0 Å². The number of hydrogen-bond donors (Lipinski definition) is 1. The number of rotatable bonds is 2. The summed E-state index contributed by atoms with van der Waals surface area (Å²) in [6, 6.07) is 10.4. The van der Waals surface area contributed by atoms with Crippen LogP contribution in [-0.4, -0.2) is 11.0 Å². The van der Waals surface area contributed by atoms with Crippen LogP contribution >= 0.6 is 27.5 Å². The predicted molar refractivity (Wildman–Crippen MR) is 78.6 cm³/mol. The second-order valence-electron chi connectivity index (χ2n) is 4.15. The molecule has 6 heteroatoms.